The molecule has 0 saturated carbocycles. The summed E-state index contributed by atoms with van der Waals surface area (Å²) in [4.78, 5) is 14.1. The van der Waals surface area contributed by atoms with Crippen LogP contribution < -0.4 is 5.32 Å². The lowest BCUT2D eigenvalue weighted by molar-refractivity contribution is 0.168. The van der Waals surface area contributed by atoms with Gasteiger partial charge in [-0.1, -0.05) is 30.3 Å². The lowest BCUT2D eigenvalue weighted by atomic mass is 9.98. The summed E-state index contributed by atoms with van der Waals surface area (Å²) in [6.45, 7) is 2.75. The van der Waals surface area contributed by atoms with Crippen molar-refractivity contribution in [2.45, 2.75) is 18.6 Å². The van der Waals surface area contributed by atoms with Gasteiger partial charge in [-0.2, -0.15) is 4.31 Å². The van der Waals surface area contributed by atoms with Crippen LogP contribution in [0.4, 0.5) is 4.79 Å². The quantitative estimate of drug-likeness (QED) is 0.669. The molecule has 2 heterocycles. The van der Waals surface area contributed by atoms with Crippen molar-refractivity contribution in [2.75, 3.05) is 52.1 Å². The molecule has 2 saturated heterocycles. The van der Waals surface area contributed by atoms with Crippen LogP contribution in [0.15, 0.2) is 30.3 Å². The number of carbonyl (C=O) groups is 1. The van der Waals surface area contributed by atoms with Gasteiger partial charge in [0.15, 0.2) is 0 Å². The molecule has 2 aliphatic heterocycles. The van der Waals surface area contributed by atoms with Gasteiger partial charge < -0.3 is 10.2 Å². The highest BCUT2D eigenvalue weighted by atomic mass is 32.2. The molecule has 168 valence electrons. The number of hydrogen-bond donors (Lipinski definition) is 1. The molecular formula is C19H30N4O5S2. The molecule has 0 aromatic heterocycles. The van der Waals surface area contributed by atoms with Gasteiger partial charge in [-0.15, -0.1) is 0 Å². The van der Waals surface area contributed by atoms with E-state index in [1.807, 2.05) is 18.2 Å². The number of hydrogen-bond acceptors (Lipinski definition) is 5. The first-order valence-electron chi connectivity index (χ1n) is 10.1. The van der Waals surface area contributed by atoms with Gasteiger partial charge in [0.05, 0.1) is 12.0 Å². The normalized spacial score (nSPS) is 20.2. The summed E-state index contributed by atoms with van der Waals surface area (Å²) < 4.78 is 51.3. The fourth-order valence-corrected chi connectivity index (χ4v) is 6.22. The highest BCUT2D eigenvalue weighted by molar-refractivity contribution is 7.88. The summed E-state index contributed by atoms with van der Waals surface area (Å²) >= 11 is 0. The average Bonchev–Trinajstić information content (AvgIpc) is 2.72. The van der Waals surface area contributed by atoms with E-state index in [4.69, 9.17) is 0 Å². The zero-order valence-electron chi connectivity index (χ0n) is 17.2. The van der Waals surface area contributed by atoms with Gasteiger partial charge in [0, 0.05) is 45.8 Å². The van der Waals surface area contributed by atoms with Crippen molar-refractivity contribution >= 4 is 26.1 Å². The molecule has 11 heteroatoms. The number of carbonyl (C=O) groups excluding carboxylic acids is 1. The van der Waals surface area contributed by atoms with Crippen molar-refractivity contribution < 1.29 is 21.6 Å². The van der Waals surface area contributed by atoms with E-state index in [1.165, 1.54) is 14.9 Å². The first-order chi connectivity index (χ1) is 14.1. The van der Waals surface area contributed by atoms with Crippen LogP contribution in [0.2, 0.25) is 0 Å². The van der Waals surface area contributed by atoms with Crippen molar-refractivity contribution in [2.24, 2.45) is 5.92 Å². The minimum absolute atomic E-state index is 0.0355. The first kappa shape index (κ1) is 23.0. The lowest BCUT2D eigenvalue weighted by Gasteiger charge is -2.35. The molecule has 1 N–H and O–H groups in total. The minimum atomic E-state index is -3.41. The zero-order chi connectivity index (χ0) is 21.8. The maximum Gasteiger partial charge on any atom is 0.317 e. The molecule has 0 radical (unpaired) electrons. The lowest BCUT2D eigenvalue weighted by Crippen LogP contribution is -2.54. The number of urea groups is 1. The van der Waals surface area contributed by atoms with Crippen molar-refractivity contribution in [1.82, 2.24) is 18.8 Å². The van der Waals surface area contributed by atoms with Crippen molar-refractivity contribution in [1.29, 1.82) is 0 Å². The second kappa shape index (κ2) is 9.63. The van der Waals surface area contributed by atoms with Gasteiger partial charge in [-0.25, -0.2) is 25.9 Å². The van der Waals surface area contributed by atoms with Crippen LogP contribution in [-0.4, -0.2) is 88.4 Å². The Hall–Kier alpha value is -1.69. The Morgan fingerprint density at radius 3 is 2.10 bits per heavy atom. The zero-order valence-corrected chi connectivity index (χ0v) is 18.9. The van der Waals surface area contributed by atoms with Crippen LogP contribution in [0, 0.1) is 5.92 Å². The van der Waals surface area contributed by atoms with Gasteiger partial charge in [0.2, 0.25) is 20.0 Å². The molecule has 2 amide bonds. The Morgan fingerprint density at radius 2 is 1.53 bits per heavy atom. The van der Waals surface area contributed by atoms with E-state index in [-0.39, 0.29) is 30.8 Å². The monoisotopic (exact) mass is 458 g/mol. The third-order valence-electron chi connectivity index (χ3n) is 5.70. The average molecular weight is 459 g/mol. The predicted molar refractivity (Wildman–Crippen MR) is 115 cm³/mol. The molecule has 30 heavy (non-hydrogen) atoms. The number of piperazine rings is 1. The second-order valence-electron chi connectivity index (χ2n) is 7.92. The Labute approximate surface area is 179 Å². The van der Waals surface area contributed by atoms with E-state index in [2.05, 4.69) is 5.32 Å². The predicted octanol–water partition coefficient (Wildman–Crippen LogP) is 0.515. The van der Waals surface area contributed by atoms with Gasteiger partial charge in [-0.3, -0.25) is 0 Å². The summed E-state index contributed by atoms with van der Waals surface area (Å²) in [5.74, 6) is 0.214. The maximum atomic E-state index is 12.6. The topological polar surface area (TPSA) is 107 Å². The molecule has 3 rings (SSSR count). The number of rotatable bonds is 6. The summed E-state index contributed by atoms with van der Waals surface area (Å²) in [6.07, 6.45) is 2.66. The number of nitrogens with zero attached hydrogens (tertiary/aromatic N) is 3. The van der Waals surface area contributed by atoms with E-state index in [0.29, 0.717) is 32.7 Å². The van der Waals surface area contributed by atoms with Crippen LogP contribution in [0.1, 0.15) is 18.4 Å². The molecule has 1 aromatic carbocycles. The standard InChI is InChI=1S/C19H30N4O5S2/c1-29(25,26)22-9-7-17(8-10-22)15-20-19(24)21-11-13-23(14-12-21)30(27,28)16-18-5-3-2-4-6-18/h2-6,17H,7-16H2,1H3,(H,20,24). The van der Waals surface area contributed by atoms with Crippen molar-refractivity contribution in [3.63, 3.8) is 0 Å². The molecule has 0 bridgehead atoms. The van der Waals surface area contributed by atoms with E-state index < -0.39 is 20.0 Å². The molecule has 2 fully saturated rings. The molecule has 0 atom stereocenters. The molecule has 9 nitrogen and oxygen atoms in total. The second-order valence-corrected chi connectivity index (χ2v) is 11.9. The fourth-order valence-electron chi connectivity index (χ4n) is 3.83. The SMILES string of the molecule is CS(=O)(=O)N1CCC(CNC(=O)N2CCN(S(=O)(=O)Cc3ccccc3)CC2)CC1. The van der Waals surface area contributed by atoms with Crippen molar-refractivity contribution in [3.05, 3.63) is 35.9 Å². The third kappa shape index (κ3) is 6.16. The smallest absolute Gasteiger partial charge is 0.317 e. The van der Waals surface area contributed by atoms with Crippen LogP contribution in [0.5, 0.6) is 0 Å². The Kier molecular flexibility index (Phi) is 7.38. The molecular weight excluding hydrogens is 428 g/mol. The number of sulfonamides is 2. The van der Waals surface area contributed by atoms with Crippen LogP contribution in [-0.2, 0) is 25.8 Å². The summed E-state index contributed by atoms with van der Waals surface area (Å²) in [5, 5.41) is 2.92. The van der Waals surface area contributed by atoms with E-state index >= 15 is 0 Å². The minimum Gasteiger partial charge on any atom is -0.338 e. The summed E-state index contributed by atoms with van der Waals surface area (Å²) in [5.41, 5.74) is 0.750. The molecule has 1 aromatic rings. The summed E-state index contributed by atoms with van der Waals surface area (Å²) in [7, 11) is -6.56. The summed E-state index contributed by atoms with van der Waals surface area (Å²) in [6, 6.07) is 8.88. The van der Waals surface area contributed by atoms with Crippen LogP contribution in [0.25, 0.3) is 0 Å². The van der Waals surface area contributed by atoms with Crippen LogP contribution >= 0.6 is 0 Å². The largest absolute Gasteiger partial charge is 0.338 e. The maximum absolute atomic E-state index is 12.6. The van der Waals surface area contributed by atoms with E-state index in [1.54, 1.807) is 17.0 Å². The number of amides is 2. The van der Waals surface area contributed by atoms with Gasteiger partial charge >= 0.3 is 6.03 Å². The molecule has 0 aliphatic carbocycles. The van der Waals surface area contributed by atoms with Gasteiger partial charge in [0.1, 0.15) is 0 Å². The number of piperidine rings is 1. The van der Waals surface area contributed by atoms with Gasteiger partial charge in [0.25, 0.3) is 0 Å². The van der Waals surface area contributed by atoms with Crippen molar-refractivity contribution in [3.8, 4) is 0 Å². The Balaban J connectivity index is 1.41. The number of benzene rings is 1. The van der Waals surface area contributed by atoms with Crippen LogP contribution in [0.3, 0.4) is 0 Å². The van der Waals surface area contributed by atoms with E-state index in [0.717, 1.165) is 18.4 Å². The highest BCUT2D eigenvalue weighted by Crippen LogP contribution is 2.19. The first-order valence-corrected chi connectivity index (χ1v) is 13.6. The number of nitrogens with one attached hydrogen (secondary N) is 1. The molecule has 2 aliphatic rings. The Bertz CT molecular complexity index is 921. The fraction of sp³-hybridized carbons (Fsp3) is 0.632. The van der Waals surface area contributed by atoms with Gasteiger partial charge in [-0.05, 0) is 24.3 Å². The Morgan fingerprint density at radius 1 is 0.933 bits per heavy atom. The third-order valence-corrected chi connectivity index (χ3v) is 8.85. The molecule has 0 unspecified atom stereocenters. The highest BCUT2D eigenvalue weighted by Gasteiger charge is 2.30. The molecule has 0 spiro atoms. The van der Waals surface area contributed by atoms with E-state index in [9.17, 15) is 21.6 Å².